The quantitative estimate of drug-likeness (QED) is 0.644. The fraction of sp³-hybridized carbons (Fsp3) is 0.632. The Morgan fingerprint density at radius 1 is 1.04 bits per heavy atom. The van der Waals surface area contributed by atoms with Crippen molar-refractivity contribution < 1.29 is 9.53 Å². The number of hydrogen-bond acceptors (Lipinski definition) is 2. The van der Waals surface area contributed by atoms with Crippen LogP contribution in [0.1, 0.15) is 56.1 Å². The van der Waals surface area contributed by atoms with Gasteiger partial charge in [-0.25, -0.2) is 4.79 Å². The highest BCUT2D eigenvalue weighted by molar-refractivity contribution is 5.74. The molecule has 126 valence electrons. The number of benzene rings is 1. The van der Waals surface area contributed by atoms with Gasteiger partial charge in [0, 0.05) is 6.04 Å². The molecule has 0 atom stereocenters. The first-order chi connectivity index (χ1) is 11.3. The molecule has 0 aliphatic heterocycles. The number of hydrogen-bond donors (Lipinski definition) is 2. The van der Waals surface area contributed by atoms with Crippen molar-refractivity contribution in [2.75, 3.05) is 13.2 Å². The van der Waals surface area contributed by atoms with E-state index in [1.807, 2.05) is 6.07 Å². The van der Waals surface area contributed by atoms with Crippen LogP contribution in [0.3, 0.4) is 0 Å². The summed E-state index contributed by atoms with van der Waals surface area (Å²) in [5.41, 5.74) is 2.87. The Hall–Kier alpha value is -1.71. The second-order valence-electron chi connectivity index (χ2n) is 6.72. The van der Waals surface area contributed by atoms with Gasteiger partial charge in [0.25, 0.3) is 0 Å². The lowest BCUT2D eigenvalue weighted by Gasteiger charge is -2.17. The Morgan fingerprint density at radius 3 is 2.65 bits per heavy atom. The summed E-state index contributed by atoms with van der Waals surface area (Å²) in [4.78, 5) is 11.9. The van der Waals surface area contributed by atoms with Gasteiger partial charge >= 0.3 is 6.03 Å². The summed E-state index contributed by atoms with van der Waals surface area (Å²) in [6.07, 6.45) is 10.9. The molecular weight excluding hydrogens is 288 g/mol. The SMILES string of the molecule is O=C(NCCOc1ccc2c(c1)CCC2)NC1CCCCCC1. The number of aryl methyl sites for hydroxylation is 2. The smallest absolute Gasteiger partial charge is 0.315 e. The number of carbonyl (C=O) groups is 1. The third-order valence-electron chi connectivity index (χ3n) is 4.92. The maximum absolute atomic E-state index is 11.9. The highest BCUT2D eigenvalue weighted by Crippen LogP contribution is 2.25. The van der Waals surface area contributed by atoms with Crippen molar-refractivity contribution in [1.82, 2.24) is 10.6 Å². The summed E-state index contributed by atoms with van der Waals surface area (Å²) < 4.78 is 5.75. The lowest BCUT2D eigenvalue weighted by Crippen LogP contribution is -2.43. The van der Waals surface area contributed by atoms with E-state index in [9.17, 15) is 4.79 Å². The zero-order valence-corrected chi connectivity index (χ0v) is 13.9. The molecule has 0 radical (unpaired) electrons. The molecule has 23 heavy (non-hydrogen) atoms. The van der Waals surface area contributed by atoms with Crippen LogP contribution in [0.25, 0.3) is 0 Å². The summed E-state index contributed by atoms with van der Waals surface area (Å²) in [5.74, 6) is 0.914. The molecule has 2 amide bonds. The fourth-order valence-corrected chi connectivity index (χ4v) is 3.63. The van der Waals surface area contributed by atoms with Gasteiger partial charge in [0.15, 0.2) is 0 Å². The second kappa shape index (κ2) is 8.23. The average molecular weight is 316 g/mol. The summed E-state index contributed by atoms with van der Waals surface area (Å²) in [6.45, 7) is 1.05. The standard InChI is InChI=1S/C19H28N2O2/c22-19(21-17-8-3-1-2-4-9-17)20-12-13-23-18-11-10-15-6-5-7-16(15)14-18/h10-11,14,17H,1-9,12-13H2,(H2,20,21,22). The zero-order chi connectivity index (χ0) is 15.9. The van der Waals surface area contributed by atoms with Gasteiger partial charge in [0.2, 0.25) is 0 Å². The van der Waals surface area contributed by atoms with E-state index in [0.717, 1.165) is 25.0 Å². The zero-order valence-electron chi connectivity index (χ0n) is 13.9. The lowest BCUT2D eigenvalue weighted by atomic mass is 10.1. The number of carbonyl (C=O) groups excluding carboxylic acids is 1. The number of nitrogens with one attached hydrogen (secondary N) is 2. The number of fused-ring (bicyclic) bond motifs is 1. The first-order valence-electron chi connectivity index (χ1n) is 9.10. The van der Waals surface area contributed by atoms with E-state index in [-0.39, 0.29) is 6.03 Å². The maximum Gasteiger partial charge on any atom is 0.315 e. The van der Waals surface area contributed by atoms with Crippen molar-refractivity contribution in [3.8, 4) is 5.75 Å². The molecule has 0 unspecified atom stereocenters. The molecule has 4 heteroatoms. The molecule has 0 spiro atoms. The van der Waals surface area contributed by atoms with E-state index in [2.05, 4.69) is 22.8 Å². The predicted molar refractivity (Wildman–Crippen MR) is 92.0 cm³/mol. The van der Waals surface area contributed by atoms with Gasteiger partial charge in [0.1, 0.15) is 12.4 Å². The number of ether oxygens (including phenoxy) is 1. The summed E-state index contributed by atoms with van der Waals surface area (Å²) >= 11 is 0. The van der Waals surface area contributed by atoms with E-state index in [0.29, 0.717) is 19.2 Å². The second-order valence-corrected chi connectivity index (χ2v) is 6.72. The Labute approximate surface area is 139 Å². The van der Waals surface area contributed by atoms with E-state index >= 15 is 0 Å². The summed E-state index contributed by atoms with van der Waals surface area (Å²) in [6, 6.07) is 6.64. The van der Waals surface area contributed by atoms with E-state index in [4.69, 9.17) is 4.74 Å². The Balaban J connectivity index is 1.33. The average Bonchev–Trinajstić information content (AvgIpc) is 2.87. The molecule has 1 fully saturated rings. The molecule has 1 saturated carbocycles. The monoisotopic (exact) mass is 316 g/mol. The van der Waals surface area contributed by atoms with E-state index < -0.39 is 0 Å². The van der Waals surface area contributed by atoms with Crippen LogP contribution in [0, 0.1) is 0 Å². The van der Waals surface area contributed by atoms with Crippen molar-refractivity contribution in [2.45, 2.75) is 63.8 Å². The Morgan fingerprint density at radius 2 is 1.83 bits per heavy atom. The Kier molecular flexibility index (Phi) is 5.78. The van der Waals surface area contributed by atoms with Crippen LogP contribution in [-0.2, 0) is 12.8 Å². The fourth-order valence-electron chi connectivity index (χ4n) is 3.63. The minimum absolute atomic E-state index is 0.0607. The van der Waals surface area contributed by atoms with Crippen LogP contribution < -0.4 is 15.4 Å². The molecule has 0 saturated heterocycles. The highest BCUT2D eigenvalue weighted by atomic mass is 16.5. The molecule has 2 aliphatic rings. The highest BCUT2D eigenvalue weighted by Gasteiger charge is 2.14. The first kappa shape index (κ1) is 16.2. The molecule has 3 rings (SSSR count). The maximum atomic E-state index is 11.9. The third kappa shape index (κ3) is 4.88. The lowest BCUT2D eigenvalue weighted by molar-refractivity contribution is 0.231. The predicted octanol–water partition coefficient (Wildman–Crippen LogP) is 3.58. The molecule has 0 heterocycles. The van der Waals surface area contributed by atoms with Gasteiger partial charge in [-0.2, -0.15) is 0 Å². The minimum atomic E-state index is -0.0607. The molecule has 0 bridgehead atoms. The molecule has 1 aromatic carbocycles. The van der Waals surface area contributed by atoms with Crippen molar-refractivity contribution in [2.24, 2.45) is 0 Å². The Bertz CT molecular complexity index is 522. The largest absolute Gasteiger partial charge is 0.492 e. The van der Waals surface area contributed by atoms with Crippen LogP contribution in [0.2, 0.25) is 0 Å². The number of urea groups is 1. The summed E-state index contributed by atoms with van der Waals surface area (Å²) in [5, 5.41) is 5.98. The van der Waals surface area contributed by atoms with Crippen LogP contribution in [0.5, 0.6) is 5.75 Å². The number of rotatable bonds is 5. The molecule has 4 nitrogen and oxygen atoms in total. The topological polar surface area (TPSA) is 50.4 Å². The van der Waals surface area contributed by atoms with Gasteiger partial charge in [0.05, 0.1) is 6.54 Å². The van der Waals surface area contributed by atoms with Crippen LogP contribution >= 0.6 is 0 Å². The van der Waals surface area contributed by atoms with Crippen LogP contribution in [0.15, 0.2) is 18.2 Å². The van der Waals surface area contributed by atoms with Gasteiger partial charge in [-0.1, -0.05) is 31.7 Å². The van der Waals surface area contributed by atoms with Crippen molar-refractivity contribution in [1.29, 1.82) is 0 Å². The molecule has 1 aromatic rings. The molecular formula is C19H28N2O2. The van der Waals surface area contributed by atoms with Crippen molar-refractivity contribution in [3.63, 3.8) is 0 Å². The number of amides is 2. The minimum Gasteiger partial charge on any atom is -0.492 e. The van der Waals surface area contributed by atoms with Gasteiger partial charge < -0.3 is 15.4 Å². The van der Waals surface area contributed by atoms with Crippen molar-refractivity contribution in [3.05, 3.63) is 29.3 Å². The van der Waals surface area contributed by atoms with E-state index in [1.165, 1.54) is 49.7 Å². The van der Waals surface area contributed by atoms with Crippen LogP contribution in [-0.4, -0.2) is 25.2 Å². The van der Waals surface area contributed by atoms with Gasteiger partial charge in [-0.15, -0.1) is 0 Å². The molecule has 0 aromatic heterocycles. The third-order valence-corrected chi connectivity index (χ3v) is 4.92. The van der Waals surface area contributed by atoms with Crippen LogP contribution in [0.4, 0.5) is 4.79 Å². The van der Waals surface area contributed by atoms with Crippen molar-refractivity contribution >= 4 is 6.03 Å². The normalized spacial score (nSPS) is 18.1. The van der Waals surface area contributed by atoms with Gasteiger partial charge in [-0.3, -0.25) is 0 Å². The van der Waals surface area contributed by atoms with E-state index in [1.54, 1.807) is 0 Å². The first-order valence-corrected chi connectivity index (χ1v) is 9.10. The van der Waals surface area contributed by atoms with Gasteiger partial charge in [-0.05, 0) is 55.4 Å². The summed E-state index contributed by atoms with van der Waals surface area (Å²) in [7, 11) is 0. The molecule has 2 aliphatic carbocycles. The molecule has 2 N–H and O–H groups in total.